The van der Waals surface area contributed by atoms with Crippen molar-refractivity contribution in [3.05, 3.63) is 59.4 Å². The first-order chi connectivity index (χ1) is 13.6. The van der Waals surface area contributed by atoms with Crippen LogP contribution in [0.15, 0.2) is 47.1 Å². The maximum atomic E-state index is 12.3. The minimum atomic E-state index is -0.523. The van der Waals surface area contributed by atoms with Crippen LogP contribution in [0.3, 0.4) is 0 Å². The number of hydrogen-bond acceptors (Lipinski definition) is 7. The van der Waals surface area contributed by atoms with Gasteiger partial charge in [-0.25, -0.2) is 9.78 Å². The van der Waals surface area contributed by atoms with Gasteiger partial charge in [0.05, 0.1) is 6.61 Å². The Bertz CT molecular complexity index is 998. The van der Waals surface area contributed by atoms with Crippen molar-refractivity contribution in [1.29, 1.82) is 0 Å². The Balaban J connectivity index is 1.43. The highest BCUT2D eigenvalue weighted by Crippen LogP contribution is 2.33. The van der Waals surface area contributed by atoms with E-state index in [-0.39, 0.29) is 24.2 Å². The van der Waals surface area contributed by atoms with Gasteiger partial charge in [-0.1, -0.05) is 5.16 Å². The quantitative estimate of drug-likeness (QED) is 0.601. The van der Waals surface area contributed by atoms with Crippen LogP contribution in [0.4, 0.5) is 0 Å². The average molecular weight is 380 g/mol. The molecule has 1 aliphatic heterocycles. The Hall–Kier alpha value is -3.35. The maximum absolute atomic E-state index is 12.3. The van der Waals surface area contributed by atoms with E-state index in [0.717, 1.165) is 23.3 Å². The normalized spacial score (nSPS) is 15.0. The van der Waals surface area contributed by atoms with Gasteiger partial charge in [-0.3, -0.25) is 0 Å². The van der Waals surface area contributed by atoms with Crippen molar-refractivity contribution in [1.82, 2.24) is 10.1 Å². The summed E-state index contributed by atoms with van der Waals surface area (Å²) in [6, 6.07) is 10.9. The van der Waals surface area contributed by atoms with Crippen LogP contribution in [0, 0.1) is 0 Å². The van der Waals surface area contributed by atoms with Crippen molar-refractivity contribution in [2.45, 2.75) is 33.0 Å². The first kappa shape index (κ1) is 18.0. The minimum absolute atomic E-state index is 0.00607. The van der Waals surface area contributed by atoms with Crippen LogP contribution < -0.4 is 9.47 Å². The number of aromatic nitrogens is 2. The van der Waals surface area contributed by atoms with Gasteiger partial charge in [0.25, 0.3) is 0 Å². The lowest BCUT2D eigenvalue weighted by atomic mass is 10.1. The van der Waals surface area contributed by atoms with Gasteiger partial charge in [0.1, 0.15) is 29.7 Å². The molecule has 1 aromatic carbocycles. The van der Waals surface area contributed by atoms with Crippen molar-refractivity contribution in [2.75, 3.05) is 6.61 Å². The van der Waals surface area contributed by atoms with E-state index in [2.05, 4.69) is 10.1 Å². The molecule has 7 heteroatoms. The van der Waals surface area contributed by atoms with E-state index in [1.165, 1.54) is 0 Å². The number of esters is 1. The SMILES string of the molecule is CCOc1ncccc1C(=O)OCc1cc(-c2ccc3c(c2)C[C@H](C)O3)on1. The molecule has 0 N–H and O–H groups in total. The molecular formula is C21H20N2O5. The molecule has 7 nitrogen and oxygen atoms in total. The summed E-state index contributed by atoms with van der Waals surface area (Å²) in [6.07, 6.45) is 2.62. The molecule has 0 bridgehead atoms. The summed E-state index contributed by atoms with van der Waals surface area (Å²) in [7, 11) is 0. The molecule has 1 aliphatic rings. The fraction of sp³-hybridized carbons (Fsp3) is 0.286. The zero-order valence-corrected chi connectivity index (χ0v) is 15.7. The fourth-order valence-corrected chi connectivity index (χ4v) is 3.11. The van der Waals surface area contributed by atoms with E-state index >= 15 is 0 Å². The highest BCUT2D eigenvalue weighted by Gasteiger charge is 2.20. The maximum Gasteiger partial charge on any atom is 0.344 e. The number of hydrogen-bond donors (Lipinski definition) is 0. The molecule has 3 aromatic rings. The third-order valence-electron chi connectivity index (χ3n) is 4.36. The van der Waals surface area contributed by atoms with Crippen LogP contribution in [-0.2, 0) is 17.8 Å². The van der Waals surface area contributed by atoms with E-state index in [0.29, 0.717) is 18.1 Å². The monoisotopic (exact) mass is 380 g/mol. The van der Waals surface area contributed by atoms with Crippen LogP contribution in [-0.4, -0.2) is 28.8 Å². The van der Waals surface area contributed by atoms with Crippen molar-refractivity contribution < 1.29 is 23.5 Å². The number of nitrogens with zero attached hydrogens (tertiary/aromatic N) is 2. The number of pyridine rings is 1. The van der Waals surface area contributed by atoms with Crippen LogP contribution in [0.1, 0.15) is 35.5 Å². The predicted molar refractivity (Wildman–Crippen MR) is 100 cm³/mol. The standard InChI is InChI=1S/C21H20N2O5/c1-3-25-20-17(5-4-8-22-20)21(24)26-12-16-11-19(28-23-16)14-6-7-18-15(10-14)9-13(2)27-18/h4-8,10-11,13H,3,9,12H2,1-2H3/t13-/m0/s1. The number of carbonyl (C=O) groups excluding carboxylic acids is 1. The molecule has 144 valence electrons. The first-order valence-electron chi connectivity index (χ1n) is 9.14. The second-order valence-corrected chi connectivity index (χ2v) is 6.50. The van der Waals surface area contributed by atoms with Crippen LogP contribution in [0.5, 0.6) is 11.6 Å². The summed E-state index contributed by atoms with van der Waals surface area (Å²) < 4.78 is 21.8. The van der Waals surface area contributed by atoms with Gasteiger partial charge in [-0.05, 0) is 49.7 Å². The Morgan fingerprint density at radius 1 is 1.29 bits per heavy atom. The molecule has 0 saturated carbocycles. The minimum Gasteiger partial charge on any atom is -0.490 e. The topological polar surface area (TPSA) is 83.7 Å². The summed E-state index contributed by atoms with van der Waals surface area (Å²) >= 11 is 0. The molecule has 0 aliphatic carbocycles. The summed E-state index contributed by atoms with van der Waals surface area (Å²) in [5.41, 5.74) is 2.86. The number of ether oxygens (including phenoxy) is 3. The lowest BCUT2D eigenvalue weighted by molar-refractivity contribution is 0.0459. The molecule has 0 saturated heterocycles. The van der Waals surface area contributed by atoms with E-state index in [1.807, 2.05) is 32.0 Å². The van der Waals surface area contributed by atoms with Crippen molar-refractivity contribution in [3.8, 4) is 23.0 Å². The molecule has 1 atom stereocenters. The second kappa shape index (κ2) is 7.72. The lowest BCUT2D eigenvalue weighted by Gasteiger charge is -2.07. The summed E-state index contributed by atoms with van der Waals surface area (Å²) in [5, 5.41) is 4.00. The molecule has 0 spiro atoms. The molecule has 3 heterocycles. The summed E-state index contributed by atoms with van der Waals surface area (Å²) in [4.78, 5) is 16.4. The molecule has 0 amide bonds. The van der Waals surface area contributed by atoms with Crippen molar-refractivity contribution in [2.24, 2.45) is 0 Å². The molecule has 2 aromatic heterocycles. The Morgan fingerprint density at radius 3 is 3.04 bits per heavy atom. The van der Waals surface area contributed by atoms with Crippen LogP contribution in [0.25, 0.3) is 11.3 Å². The van der Waals surface area contributed by atoms with Crippen molar-refractivity contribution >= 4 is 5.97 Å². The van der Waals surface area contributed by atoms with Gasteiger partial charge < -0.3 is 18.7 Å². The predicted octanol–water partition coefficient (Wildman–Crippen LogP) is 3.82. The van der Waals surface area contributed by atoms with E-state index < -0.39 is 5.97 Å². The highest BCUT2D eigenvalue weighted by atomic mass is 16.5. The number of fused-ring (bicyclic) bond motifs is 1. The number of carbonyl (C=O) groups is 1. The smallest absolute Gasteiger partial charge is 0.344 e. The van der Waals surface area contributed by atoms with Gasteiger partial charge in [0.15, 0.2) is 5.76 Å². The Morgan fingerprint density at radius 2 is 2.18 bits per heavy atom. The Kier molecular flexibility index (Phi) is 4.97. The van der Waals surface area contributed by atoms with Gasteiger partial charge >= 0.3 is 5.97 Å². The first-order valence-corrected chi connectivity index (χ1v) is 9.14. The van der Waals surface area contributed by atoms with Crippen molar-refractivity contribution in [3.63, 3.8) is 0 Å². The number of rotatable bonds is 6. The highest BCUT2D eigenvalue weighted by molar-refractivity contribution is 5.91. The zero-order valence-electron chi connectivity index (χ0n) is 15.7. The van der Waals surface area contributed by atoms with E-state index in [4.69, 9.17) is 18.7 Å². The van der Waals surface area contributed by atoms with Gasteiger partial charge in [-0.2, -0.15) is 0 Å². The third-order valence-corrected chi connectivity index (χ3v) is 4.36. The largest absolute Gasteiger partial charge is 0.490 e. The second-order valence-electron chi connectivity index (χ2n) is 6.50. The zero-order chi connectivity index (χ0) is 19.5. The van der Waals surface area contributed by atoms with Gasteiger partial charge in [-0.15, -0.1) is 0 Å². The fourth-order valence-electron chi connectivity index (χ4n) is 3.11. The van der Waals surface area contributed by atoms with E-state index in [9.17, 15) is 4.79 Å². The molecule has 0 radical (unpaired) electrons. The number of benzene rings is 1. The van der Waals surface area contributed by atoms with E-state index in [1.54, 1.807) is 24.4 Å². The Labute approximate surface area is 162 Å². The van der Waals surface area contributed by atoms with Gasteiger partial charge in [0, 0.05) is 24.2 Å². The average Bonchev–Trinajstić information content (AvgIpc) is 3.31. The van der Waals surface area contributed by atoms with Crippen LogP contribution >= 0.6 is 0 Å². The summed E-state index contributed by atoms with van der Waals surface area (Å²) in [6.45, 7) is 4.27. The van der Waals surface area contributed by atoms with Crippen LogP contribution in [0.2, 0.25) is 0 Å². The molecule has 0 unspecified atom stereocenters. The molecular weight excluding hydrogens is 360 g/mol. The van der Waals surface area contributed by atoms with Gasteiger partial charge in [0.2, 0.25) is 5.88 Å². The summed E-state index contributed by atoms with van der Waals surface area (Å²) in [5.74, 6) is 1.26. The lowest BCUT2D eigenvalue weighted by Crippen LogP contribution is -2.09. The molecule has 4 rings (SSSR count). The molecule has 28 heavy (non-hydrogen) atoms. The third kappa shape index (κ3) is 3.69. The molecule has 0 fully saturated rings.